The molecule has 1 N–H and O–H groups in total. The summed E-state index contributed by atoms with van der Waals surface area (Å²) in [5.74, 6) is -0.863. The fraction of sp³-hybridized carbons (Fsp3) is 0.391. The Balaban J connectivity index is 2.45. The summed E-state index contributed by atoms with van der Waals surface area (Å²) in [6.45, 7) is 5.02. The van der Waals surface area contributed by atoms with E-state index in [1.807, 2.05) is 13.8 Å². The molecule has 11 heteroatoms. The smallest absolute Gasteiger partial charge is 0.244 e. The number of carbonyl (C=O) groups excluding carboxylic acids is 2. The van der Waals surface area contributed by atoms with Crippen LogP contribution in [0, 0.1) is 0 Å². The Labute approximate surface area is 216 Å². The van der Waals surface area contributed by atoms with Gasteiger partial charge in [-0.3, -0.25) is 13.9 Å². The number of amides is 2. The molecule has 0 saturated heterocycles. The molecule has 0 aliphatic carbocycles. The van der Waals surface area contributed by atoms with E-state index < -0.39 is 28.5 Å². The minimum Gasteiger partial charge on any atom is -0.352 e. The van der Waals surface area contributed by atoms with Crippen molar-refractivity contribution in [2.45, 2.75) is 45.8 Å². The molecule has 2 rings (SSSR count). The summed E-state index contributed by atoms with van der Waals surface area (Å²) < 4.78 is 26.1. The number of hydrogen-bond donors (Lipinski definition) is 1. The van der Waals surface area contributed by atoms with E-state index >= 15 is 0 Å². The Morgan fingerprint density at radius 2 is 1.62 bits per heavy atom. The lowest BCUT2D eigenvalue weighted by atomic mass is 10.1. The molecule has 1 atom stereocenters. The highest BCUT2D eigenvalue weighted by molar-refractivity contribution is 7.92. The minimum absolute atomic E-state index is 0.0962. The third-order valence-corrected chi connectivity index (χ3v) is 7.08. The van der Waals surface area contributed by atoms with Gasteiger partial charge in [0.25, 0.3) is 0 Å². The van der Waals surface area contributed by atoms with Gasteiger partial charge in [-0.1, -0.05) is 53.9 Å². The van der Waals surface area contributed by atoms with Crippen molar-refractivity contribution in [2.75, 3.05) is 17.1 Å². The zero-order chi connectivity index (χ0) is 25.6. The molecule has 2 aromatic carbocycles. The first kappa shape index (κ1) is 28.2. The van der Waals surface area contributed by atoms with Crippen LogP contribution in [0.2, 0.25) is 15.1 Å². The summed E-state index contributed by atoms with van der Waals surface area (Å²) >= 11 is 18.0. The fourth-order valence-corrected chi connectivity index (χ4v) is 4.60. The zero-order valence-corrected chi connectivity index (χ0v) is 22.5. The number of anilines is 1. The largest absolute Gasteiger partial charge is 0.352 e. The number of nitrogens with one attached hydrogen (secondary N) is 1. The Hall–Kier alpha value is -2.00. The van der Waals surface area contributed by atoms with E-state index in [1.54, 1.807) is 31.2 Å². The molecule has 0 radical (unpaired) electrons. The molecule has 0 unspecified atom stereocenters. The molecular weight excluding hydrogens is 521 g/mol. The Morgan fingerprint density at radius 3 is 2.12 bits per heavy atom. The van der Waals surface area contributed by atoms with E-state index in [0.717, 1.165) is 16.1 Å². The predicted molar refractivity (Wildman–Crippen MR) is 138 cm³/mol. The highest BCUT2D eigenvalue weighted by atomic mass is 35.5. The number of hydrogen-bond acceptors (Lipinski definition) is 4. The third kappa shape index (κ3) is 7.77. The normalized spacial score (nSPS) is 12.4. The van der Waals surface area contributed by atoms with Crippen LogP contribution in [-0.2, 0) is 26.2 Å². The zero-order valence-electron chi connectivity index (χ0n) is 19.4. The van der Waals surface area contributed by atoms with Crippen LogP contribution < -0.4 is 9.62 Å². The SMILES string of the molecule is CC[C@@H](C(=O)NC(C)C)N(Cc1ccc(Cl)cc1)C(=O)CN(c1ccc(Cl)c(Cl)c1)S(C)(=O)=O. The van der Waals surface area contributed by atoms with Crippen molar-refractivity contribution in [3.8, 4) is 0 Å². The Bertz CT molecular complexity index is 1120. The molecule has 2 amide bonds. The fourth-order valence-electron chi connectivity index (χ4n) is 3.34. The molecule has 0 aliphatic heterocycles. The monoisotopic (exact) mass is 547 g/mol. The number of carbonyl (C=O) groups is 2. The lowest BCUT2D eigenvalue weighted by Gasteiger charge is -2.33. The van der Waals surface area contributed by atoms with Crippen LogP contribution >= 0.6 is 34.8 Å². The van der Waals surface area contributed by atoms with E-state index in [0.29, 0.717) is 11.4 Å². The summed E-state index contributed by atoms with van der Waals surface area (Å²) in [7, 11) is -3.86. The highest BCUT2D eigenvalue weighted by Crippen LogP contribution is 2.28. The van der Waals surface area contributed by atoms with Crippen LogP contribution in [0.4, 0.5) is 5.69 Å². The van der Waals surface area contributed by atoms with Crippen molar-refractivity contribution >= 4 is 62.3 Å². The maximum Gasteiger partial charge on any atom is 0.244 e. The maximum atomic E-state index is 13.5. The molecule has 0 bridgehead atoms. The summed E-state index contributed by atoms with van der Waals surface area (Å²) in [6.07, 6.45) is 1.33. The van der Waals surface area contributed by atoms with E-state index in [-0.39, 0.29) is 34.2 Å². The molecule has 0 aliphatic rings. The quantitative estimate of drug-likeness (QED) is 0.464. The number of halogens is 3. The van der Waals surface area contributed by atoms with Gasteiger partial charge in [0.15, 0.2) is 0 Å². The molecule has 0 spiro atoms. The molecule has 186 valence electrons. The van der Waals surface area contributed by atoms with E-state index in [9.17, 15) is 18.0 Å². The highest BCUT2D eigenvalue weighted by Gasteiger charge is 2.32. The maximum absolute atomic E-state index is 13.5. The summed E-state index contributed by atoms with van der Waals surface area (Å²) in [5, 5.41) is 3.78. The van der Waals surface area contributed by atoms with Crippen molar-refractivity contribution in [1.29, 1.82) is 0 Å². The van der Waals surface area contributed by atoms with Gasteiger partial charge in [-0.2, -0.15) is 0 Å². The van der Waals surface area contributed by atoms with E-state index in [4.69, 9.17) is 34.8 Å². The average molecular weight is 549 g/mol. The lowest BCUT2D eigenvalue weighted by Crippen LogP contribution is -2.53. The van der Waals surface area contributed by atoms with Gasteiger partial charge in [-0.25, -0.2) is 8.42 Å². The third-order valence-electron chi connectivity index (χ3n) is 4.95. The average Bonchev–Trinajstić information content (AvgIpc) is 2.74. The van der Waals surface area contributed by atoms with Crippen LogP contribution in [-0.4, -0.2) is 50.0 Å². The molecule has 0 fully saturated rings. The number of sulfonamides is 1. The van der Waals surface area contributed by atoms with Crippen molar-refractivity contribution in [3.63, 3.8) is 0 Å². The van der Waals surface area contributed by atoms with Crippen LogP contribution in [0.15, 0.2) is 42.5 Å². The molecular formula is C23H28Cl3N3O4S. The van der Waals surface area contributed by atoms with Crippen LogP contribution in [0.25, 0.3) is 0 Å². The van der Waals surface area contributed by atoms with E-state index in [2.05, 4.69) is 5.32 Å². The molecule has 34 heavy (non-hydrogen) atoms. The van der Waals surface area contributed by atoms with Gasteiger partial charge in [0.05, 0.1) is 22.0 Å². The number of rotatable bonds is 10. The van der Waals surface area contributed by atoms with Crippen LogP contribution in [0.5, 0.6) is 0 Å². The van der Waals surface area contributed by atoms with Crippen LogP contribution in [0.3, 0.4) is 0 Å². The summed E-state index contributed by atoms with van der Waals surface area (Å²) in [5.41, 5.74) is 0.936. The molecule has 0 heterocycles. The number of nitrogens with zero attached hydrogens (tertiary/aromatic N) is 2. The lowest BCUT2D eigenvalue weighted by molar-refractivity contribution is -0.140. The molecule has 0 saturated carbocycles. The molecule has 0 aromatic heterocycles. The first-order chi connectivity index (χ1) is 15.8. The number of benzene rings is 2. The second-order valence-electron chi connectivity index (χ2n) is 8.10. The summed E-state index contributed by atoms with van der Waals surface area (Å²) in [4.78, 5) is 27.8. The standard InChI is InChI=1S/C23H28Cl3N3O4S/c1-5-21(23(31)27-15(2)3)28(13-16-6-8-17(24)9-7-16)22(30)14-29(34(4,32)33)18-10-11-19(25)20(26)12-18/h6-12,15,21H,5,13-14H2,1-4H3,(H,27,31)/t21-/m0/s1. The van der Waals surface area contributed by atoms with Gasteiger partial charge >= 0.3 is 0 Å². The van der Waals surface area contributed by atoms with Crippen molar-refractivity contribution in [2.24, 2.45) is 0 Å². The summed E-state index contributed by atoms with van der Waals surface area (Å²) in [6, 6.07) is 10.3. The van der Waals surface area contributed by atoms with E-state index in [1.165, 1.54) is 23.1 Å². The topological polar surface area (TPSA) is 86.8 Å². The second kappa shape index (κ2) is 12.1. The first-order valence-electron chi connectivity index (χ1n) is 10.6. The second-order valence-corrected chi connectivity index (χ2v) is 11.3. The van der Waals surface area contributed by atoms with Crippen LogP contribution in [0.1, 0.15) is 32.8 Å². The van der Waals surface area contributed by atoms with Gasteiger partial charge in [0.1, 0.15) is 12.6 Å². The molecule has 7 nitrogen and oxygen atoms in total. The predicted octanol–water partition coefficient (Wildman–Crippen LogP) is 4.74. The van der Waals surface area contributed by atoms with Gasteiger partial charge in [-0.05, 0) is 56.2 Å². The first-order valence-corrected chi connectivity index (χ1v) is 13.6. The minimum atomic E-state index is -3.86. The van der Waals surface area contributed by atoms with Gasteiger partial charge in [0.2, 0.25) is 21.8 Å². The van der Waals surface area contributed by atoms with Crippen molar-refractivity contribution in [3.05, 3.63) is 63.1 Å². The Morgan fingerprint density at radius 1 is 1.00 bits per heavy atom. The van der Waals surface area contributed by atoms with Gasteiger partial charge < -0.3 is 10.2 Å². The molecule has 2 aromatic rings. The van der Waals surface area contributed by atoms with Gasteiger partial charge in [0, 0.05) is 17.6 Å². The Kier molecular flexibility index (Phi) is 10.1. The van der Waals surface area contributed by atoms with Crippen molar-refractivity contribution in [1.82, 2.24) is 10.2 Å². The van der Waals surface area contributed by atoms with Crippen molar-refractivity contribution < 1.29 is 18.0 Å². The van der Waals surface area contributed by atoms with Gasteiger partial charge in [-0.15, -0.1) is 0 Å².